The Labute approximate surface area is 200 Å². The highest BCUT2D eigenvalue weighted by Gasteiger charge is 2.28. The molecule has 0 saturated carbocycles. The molecule has 0 radical (unpaired) electrons. The molecule has 5 rings (SSSR count). The second kappa shape index (κ2) is 8.96. The normalized spacial score (nSPS) is 12.5. The maximum absolute atomic E-state index is 13.3. The van der Waals surface area contributed by atoms with Crippen LogP contribution >= 0.6 is 11.6 Å². The lowest BCUT2D eigenvalue weighted by atomic mass is 10.0. The molecule has 168 valence electrons. The van der Waals surface area contributed by atoms with Crippen molar-refractivity contribution in [1.29, 1.82) is 0 Å². The minimum Gasteiger partial charge on any atom is -0.478 e. The summed E-state index contributed by atoms with van der Waals surface area (Å²) in [4.78, 5) is 35.2. The summed E-state index contributed by atoms with van der Waals surface area (Å²) in [6.45, 7) is 0.412. The number of hydrogen-bond acceptors (Lipinski definition) is 5. The van der Waals surface area contributed by atoms with Crippen LogP contribution in [-0.4, -0.2) is 27.0 Å². The molecule has 34 heavy (non-hydrogen) atoms. The number of rotatable bonds is 5. The molecule has 3 aromatic carbocycles. The first-order valence-electron chi connectivity index (χ1n) is 10.6. The van der Waals surface area contributed by atoms with E-state index in [9.17, 15) is 9.59 Å². The van der Waals surface area contributed by atoms with E-state index in [1.165, 1.54) is 12.1 Å². The first kappa shape index (κ1) is 21.6. The number of amides is 1. The molecule has 0 aliphatic carbocycles. The predicted molar refractivity (Wildman–Crippen MR) is 130 cm³/mol. The number of nitrogens with one attached hydrogen (secondary N) is 1. The highest BCUT2D eigenvalue weighted by atomic mass is 35.5. The Kier molecular flexibility index (Phi) is 5.69. The molecule has 0 atom stereocenters. The fourth-order valence-corrected chi connectivity index (χ4v) is 4.08. The van der Waals surface area contributed by atoms with Gasteiger partial charge in [-0.1, -0.05) is 41.9 Å². The average molecular weight is 471 g/mol. The highest BCUT2D eigenvalue weighted by molar-refractivity contribution is 6.31. The standard InChI is InChI=1S/C26H19ClN4O3/c27-19-8-11-21-22(13-19)31(15-16-4-2-1-3-5-16)23(32)12-18-14-28-26(30-24(18)21)29-20-9-6-17(7-10-20)25(33)34/h1-11,13-14H,12,15H2,(H,33,34)(H,28,29,30). The van der Waals surface area contributed by atoms with Crippen LogP contribution in [0.3, 0.4) is 0 Å². The van der Waals surface area contributed by atoms with E-state index in [2.05, 4.69) is 10.3 Å². The first-order chi connectivity index (χ1) is 16.5. The van der Waals surface area contributed by atoms with Crippen molar-refractivity contribution in [1.82, 2.24) is 9.97 Å². The molecule has 1 amide bonds. The maximum Gasteiger partial charge on any atom is 0.335 e. The Hall–Kier alpha value is -4.23. The van der Waals surface area contributed by atoms with Crippen molar-refractivity contribution in [3.63, 3.8) is 0 Å². The van der Waals surface area contributed by atoms with Crippen LogP contribution in [0, 0.1) is 0 Å². The molecule has 0 spiro atoms. The monoisotopic (exact) mass is 470 g/mol. The number of fused-ring (bicyclic) bond motifs is 3. The van der Waals surface area contributed by atoms with E-state index in [-0.39, 0.29) is 17.9 Å². The number of carbonyl (C=O) groups is 2. The molecule has 0 unspecified atom stereocenters. The molecule has 1 aliphatic rings. The Morgan fingerprint density at radius 1 is 1.06 bits per heavy atom. The molecule has 8 heteroatoms. The van der Waals surface area contributed by atoms with Crippen molar-refractivity contribution >= 4 is 40.8 Å². The molecule has 1 aromatic heterocycles. The summed E-state index contributed by atoms with van der Waals surface area (Å²) in [5, 5.41) is 12.7. The van der Waals surface area contributed by atoms with E-state index in [4.69, 9.17) is 21.7 Å². The number of nitrogens with zero attached hydrogens (tertiary/aromatic N) is 3. The average Bonchev–Trinajstić information content (AvgIpc) is 2.94. The molecule has 2 N–H and O–H groups in total. The lowest BCUT2D eigenvalue weighted by Gasteiger charge is -2.23. The van der Waals surface area contributed by atoms with Gasteiger partial charge < -0.3 is 15.3 Å². The third-order valence-corrected chi connectivity index (χ3v) is 5.82. The van der Waals surface area contributed by atoms with E-state index in [0.717, 1.165) is 16.7 Å². The number of anilines is 3. The summed E-state index contributed by atoms with van der Waals surface area (Å²) in [6.07, 6.45) is 1.81. The molecule has 0 bridgehead atoms. The highest BCUT2D eigenvalue weighted by Crippen LogP contribution is 2.38. The number of hydrogen-bond donors (Lipinski definition) is 2. The van der Waals surface area contributed by atoms with Gasteiger partial charge in [0.25, 0.3) is 0 Å². The molecular weight excluding hydrogens is 452 g/mol. The van der Waals surface area contributed by atoms with Crippen molar-refractivity contribution in [3.05, 3.63) is 101 Å². The molecule has 7 nitrogen and oxygen atoms in total. The van der Waals surface area contributed by atoms with Crippen molar-refractivity contribution in [2.75, 3.05) is 10.2 Å². The van der Waals surface area contributed by atoms with Gasteiger partial charge in [0, 0.05) is 28.0 Å². The third-order valence-electron chi connectivity index (χ3n) is 5.58. The van der Waals surface area contributed by atoms with Gasteiger partial charge in [0.05, 0.1) is 29.9 Å². The van der Waals surface area contributed by atoms with E-state index >= 15 is 0 Å². The molecule has 1 aliphatic heterocycles. The first-order valence-corrected chi connectivity index (χ1v) is 11.0. The zero-order valence-electron chi connectivity index (χ0n) is 17.9. The second-order valence-corrected chi connectivity index (χ2v) is 8.32. The van der Waals surface area contributed by atoms with Gasteiger partial charge in [0.15, 0.2) is 0 Å². The molecule has 2 heterocycles. The SMILES string of the molecule is O=C(O)c1ccc(Nc2ncc3c(n2)-c2ccc(Cl)cc2N(Cc2ccccc2)C(=O)C3)cc1. The summed E-state index contributed by atoms with van der Waals surface area (Å²) < 4.78 is 0. The number of carboxylic acid groups (broad SMARTS) is 1. The van der Waals surface area contributed by atoms with Gasteiger partial charge in [0.1, 0.15) is 0 Å². The quantitative estimate of drug-likeness (QED) is 0.409. The van der Waals surface area contributed by atoms with Crippen LogP contribution in [0.25, 0.3) is 11.3 Å². The summed E-state index contributed by atoms with van der Waals surface area (Å²) >= 11 is 6.32. The van der Waals surface area contributed by atoms with Crippen molar-refractivity contribution in [3.8, 4) is 11.3 Å². The second-order valence-electron chi connectivity index (χ2n) is 7.88. The van der Waals surface area contributed by atoms with Crippen molar-refractivity contribution in [2.45, 2.75) is 13.0 Å². The lowest BCUT2D eigenvalue weighted by molar-refractivity contribution is -0.118. The summed E-state index contributed by atoms with van der Waals surface area (Å²) in [5.74, 6) is -0.723. The third kappa shape index (κ3) is 4.33. The maximum atomic E-state index is 13.3. The summed E-state index contributed by atoms with van der Waals surface area (Å²) in [7, 11) is 0. The van der Waals surface area contributed by atoms with Gasteiger partial charge in [-0.3, -0.25) is 4.79 Å². The van der Waals surface area contributed by atoms with Crippen LogP contribution < -0.4 is 10.2 Å². The van der Waals surface area contributed by atoms with Gasteiger partial charge >= 0.3 is 5.97 Å². The van der Waals surface area contributed by atoms with Crippen LogP contribution in [0.4, 0.5) is 17.3 Å². The Morgan fingerprint density at radius 3 is 2.56 bits per heavy atom. The lowest BCUT2D eigenvalue weighted by Crippen LogP contribution is -2.31. The topological polar surface area (TPSA) is 95.4 Å². The van der Waals surface area contributed by atoms with Crippen molar-refractivity contribution < 1.29 is 14.7 Å². The van der Waals surface area contributed by atoms with Gasteiger partial charge in [-0.15, -0.1) is 0 Å². The number of aromatic nitrogens is 2. The van der Waals surface area contributed by atoms with Gasteiger partial charge in [-0.05, 0) is 48.0 Å². The number of carboxylic acids is 1. The number of carbonyl (C=O) groups excluding carboxylic acids is 1. The summed E-state index contributed by atoms with van der Waals surface area (Å²) in [6, 6.07) is 21.5. The minimum absolute atomic E-state index is 0.0697. The molecule has 0 fully saturated rings. The summed E-state index contributed by atoms with van der Waals surface area (Å²) in [5.41, 5.74) is 4.69. The fourth-order valence-electron chi connectivity index (χ4n) is 3.92. The zero-order chi connectivity index (χ0) is 23.7. The van der Waals surface area contributed by atoms with Crippen LogP contribution in [0.5, 0.6) is 0 Å². The van der Waals surface area contributed by atoms with E-state index in [1.54, 1.807) is 35.4 Å². The van der Waals surface area contributed by atoms with Crippen LogP contribution in [0.2, 0.25) is 5.02 Å². The Bertz CT molecular complexity index is 1390. The van der Waals surface area contributed by atoms with E-state index < -0.39 is 5.97 Å². The predicted octanol–water partition coefficient (Wildman–Crippen LogP) is 5.33. The number of halogens is 1. The zero-order valence-corrected chi connectivity index (χ0v) is 18.7. The number of aromatic carboxylic acids is 1. The van der Waals surface area contributed by atoms with Crippen LogP contribution in [0.15, 0.2) is 79.0 Å². The Morgan fingerprint density at radius 2 is 1.82 bits per heavy atom. The molecule has 4 aromatic rings. The van der Waals surface area contributed by atoms with Gasteiger partial charge in [-0.25, -0.2) is 14.8 Å². The van der Waals surface area contributed by atoms with Crippen LogP contribution in [0.1, 0.15) is 21.5 Å². The van der Waals surface area contributed by atoms with Gasteiger partial charge in [0.2, 0.25) is 11.9 Å². The smallest absolute Gasteiger partial charge is 0.335 e. The Balaban J connectivity index is 1.53. The molecular formula is C26H19ClN4O3. The van der Waals surface area contributed by atoms with E-state index in [0.29, 0.717) is 34.6 Å². The minimum atomic E-state index is -0.993. The number of benzene rings is 3. The fraction of sp³-hybridized carbons (Fsp3) is 0.0769. The van der Waals surface area contributed by atoms with Crippen LogP contribution in [-0.2, 0) is 17.8 Å². The van der Waals surface area contributed by atoms with E-state index in [1.807, 2.05) is 36.4 Å². The van der Waals surface area contributed by atoms with Gasteiger partial charge in [-0.2, -0.15) is 0 Å². The van der Waals surface area contributed by atoms with Crippen molar-refractivity contribution in [2.24, 2.45) is 0 Å². The molecule has 0 saturated heterocycles. The largest absolute Gasteiger partial charge is 0.478 e.